The van der Waals surface area contributed by atoms with Crippen molar-refractivity contribution in [2.24, 2.45) is 0 Å². The SMILES string of the molecule is COC1CCCC(C)(N2CCC(Nc3cc(C)ccc3[N+](=O)[O-])CC2)C1. The molecule has 0 aromatic heterocycles. The molecule has 1 saturated heterocycles. The molecular weight excluding hydrogens is 330 g/mol. The van der Waals surface area contributed by atoms with E-state index in [1.54, 1.807) is 12.1 Å². The Morgan fingerprint density at radius 2 is 2.04 bits per heavy atom. The van der Waals surface area contributed by atoms with Crippen LogP contribution in [0.15, 0.2) is 18.2 Å². The molecule has 0 amide bonds. The summed E-state index contributed by atoms with van der Waals surface area (Å²) in [5.74, 6) is 0. The minimum absolute atomic E-state index is 0.167. The fourth-order valence-electron chi connectivity index (χ4n) is 4.60. The monoisotopic (exact) mass is 361 g/mol. The highest BCUT2D eigenvalue weighted by Crippen LogP contribution is 2.37. The zero-order valence-corrected chi connectivity index (χ0v) is 16.2. The number of nitro benzene ring substituents is 1. The molecule has 1 aliphatic heterocycles. The van der Waals surface area contributed by atoms with Crippen LogP contribution in [-0.2, 0) is 4.74 Å². The summed E-state index contributed by atoms with van der Waals surface area (Å²) in [6.45, 7) is 6.40. The van der Waals surface area contributed by atoms with Crippen LogP contribution < -0.4 is 5.32 Å². The third kappa shape index (κ3) is 4.18. The Labute approximate surface area is 156 Å². The third-order valence-electron chi connectivity index (χ3n) is 6.21. The van der Waals surface area contributed by atoms with Crippen LogP contribution in [0.1, 0.15) is 51.0 Å². The number of aryl methyl sites for hydroxylation is 1. The van der Waals surface area contributed by atoms with Gasteiger partial charge in [-0.2, -0.15) is 0 Å². The average Bonchev–Trinajstić information content (AvgIpc) is 2.62. The number of hydrogen-bond acceptors (Lipinski definition) is 5. The normalized spacial score (nSPS) is 28.0. The molecule has 1 aromatic carbocycles. The first kappa shape index (κ1) is 19.1. The van der Waals surface area contributed by atoms with Crippen molar-refractivity contribution in [3.8, 4) is 0 Å². The van der Waals surface area contributed by atoms with Gasteiger partial charge in [0.2, 0.25) is 0 Å². The van der Waals surface area contributed by atoms with Crippen molar-refractivity contribution in [3.05, 3.63) is 33.9 Å². The highest BCUT2D eigenvalue weighted by molar-refractivity contribution is 5.63. The van der Waals surface area contributed by atoms with E-state index in [9.17, 15) is 10.1 Å². The summed E-state index contributed by atoms with van der Waals surface area (Å²) in [5, 5.41) is 14.7. The van der Waals surface area contributed by atoms with E-state index in [1.165, 1.54) is 19.3 Å². The summed E-state index contributed by atoms with van der Waals surface area (Å²) in [6, 6.07) is 5.57. The lowest BCUT2D eigenvalue weighted by atomic mass is 9.79. The molecule has 2 atom stereocenters. The van der Waals surface area contributed by atoms with Crippen molar-refractivity contribution in [2.45, 2.75) is 70.1 Å². The van der Waals surface area contributed by atoms with Crippen molar-refractivity contribution in [1.82, 2.24) is 4.90 Å². The van der Waals surface area contributed by atoms with E-state index >= 15 is 0 Å². The molecule has 6 nitrogen and oxygen atoms in total. The Bertz CT molecular complexity index is 643. The lowest BCUT2D eigenvalue weighted by molar-refractivity contribution is -0.384. The number of hydrogen-bond donors (Lipinski definition) is 1. The summed E-state index contributed by atoms with van der Waals surface area (Å²) in [6.07, 6.45) is 7.12. The summed E-state index contributed by atoms with van der Waals surface area (Å²) in [5.41, 5.74) is 2.08. The fraction of sp³-hybridized carbons (Fsp3) is 0.700. The molecule has 3 rings (SSSR count). The molecule has 0 bridgehead atoms. The quantitative estimate of drug-likeness (QED) is 0.631. The van der Waals surface area contributed by atoms with Crippen LogP contribution in [0.4, 0.5) is 11.4 Å². The van der Waals surface area contributed by atoms with E-state index in [2.05, 4.69) is 17.1 Å². The van der Waals surface area contributed by atoms with Crippen LogP contribution in [-0.4, -0.2) is 47.7 Å². The van der Waals surface area contributed by atoms with Gasteiger partial charge in [0, 0.05) is 37.8 Å². The van der Waals surface area contributed by atoms with Gasteiger partial charge >= 0.3 is 0 Å². The van der Waals surface area contributed by atoms with E-state index in [0.717, 1.165) is 37.9 Å². The second-order valence-corrected chi connectivity index (χ2v) is 8.13. The van der Waals surface area contributed by atoms with Crippen LogP contribution >= 0.6 is 0 Å². The third-order valence-corrected chi connectivity index (χ3v) is 6.21. The van der Waals surface area contributed by atoms with Crippen molar-refractivity contribution >= 4 is 11.4 Å². The highest BCUT2D eigenvalue weighted by atomic mass is 16.6. The number of ether oxygens (including phenoxy) is 1. The molecule has 1 heterocycles. The molecule has 1 aromatic rings. The largest absolute Gasteiger partial charge is 0.381 e. The zero-order valence-electron chi connectivity index (χ0n) is 16.2. The van der Waals surface area contributed by atoms with Gasteiger partial charge in [0.25, 0.3) is 5.69 Å². The summed E-state index contributed by atoms with van der Waals surface area (Å²) < 4.78 is 5.62. The Morgan fingerprint density at radius 1 is 1.31 bits per heavy atom. The van der Waals surface area contributed by atoms with E-state index < -0.39 is 0 Å². The maximum absolute atomic E-state index is 11.3. The number of nitro groups is 1. The molecule has 26 heavy (non-hydrogen) atoms. The molecule has 2 unspecified atom stereocenters. The summed E-state index contributed by atoms with van der Waals surface area (Å²) >= 11 is 0. The number of piperidine rings is 1. The van der Waals surface area contributed by atoms with Gasteiger partial charge in [0.1, 0.15) is 5.69 Å². The van der Waals surface area contributed by atoms with Crippen molar-refractivity contribution < 1.29 is 9.66 Å². The number of methoxy groups -OCH3 is 1. The lowest BCUT2D eigenvalue weighted by Crippen LogP contribution is -2.54. The van der Waals surface area contributed by atoms with Gasteiger partial charge in [-0.3, -0.25) is 15.0 Å². The van der Waals surface area contributed by atoms with E-state index in [4.69, 9.17) is 4.74 Å². The predicted molar refractivity (Wildman–Crippen MR) is 104 cm³/mol. The number of benzene rings is 1. The second-order valence-electron chi connectivity index (χ2n) is 8.13. The van der Waals surface area contributed by atoms with Gasteiger partial charge in [-0.15, -0.1) is 0 Å². The Kier molecular flexibility index (Phi) is 5.82. The number of rotatable bonds is 5. The van der Waals surface area contributed by atoms with Crippen LogP contribution in [0, 0.1) is 17.0 Å². The standard InChI is InChI=1S/C20H31N3O3/c1-15-6-7-19(23(24)25)18(13-15)21-16-8-11-22(12-9-16)20(2)10-4-5-17(14-20)26-3/h6-7,13,16-17,21H,4-5,8-12,14H2,1-3H3. The maximum Gasteiger partial charge on any atom is 0.292 e. The number of likely N-dealkylation sites (tertiary alicyclic amines) is 1. The van der Waals surface area contributed by atoms with Gasteiger partial charge in [0.15, 0.2) is 0 Å². The number of anilines is 1. The van der Waals surface area contributed by atoms with Gasteiger partial charge in [-0.05, 0) is 64.0 Å². The van der Waals surface area contributed by atoms with Crippen LogP contribution in [0.25, 0.3) is 0 Å². The van der Waals surface area contributed by atoms with Crippen LogP contribution in [0.3, 0.4) is 0 Å². The Balaban J connectivity index is 1.61. The number of nitrogens with one attached hydrogen (secondary N) is 1. The first-order valence-corrected chi connectivity index (χ1v) is 9.71. The van der Waals surface area contributed by atoms with Gasteiger partial charge in [-0.25, -0.2) is 0 Å². The topological polar surface area (TPSA) is 67.6 Å². The van der Waals surface area contributed by atoms with Gasteiger partial charge in [-0.1, -0.05) is 6.07 Å². The Morgan fingerprint density at radius 3 is 2.69 bits per heavy atom. The zero-order chi connectivity index (χ0) is 18.7. The molecule has 2 fully saturated rings. The molecule has 0 radical (unpaired) electrons. The summed E-state index contributed by atoms with van der Waals surface area (Å²) in [4.78, 5) is 13.6. The predicted octanol–water partition coefficient (Wildman–Crippen LogP) is 4.13. The van der Waals surface area contributed by atoms with Crippen LogP contribution in [0.5, 0.6) is 0 Å². The highest BCUT2D eigenvalue weighted by Gasteiger charge is 2.39. The smallest absolute Gasteiger partial charge is 0.292 e. The average molecular weight is 361 g/mol. The molecule has 1 aliphatic carbocycles. The fourth-order valence-corrected chi connectivity index (χ4v) is 4.60. The molecule has 1 saturated carbocycles. The molecule has 6 heteroatoms. The van der Waals surface area contributed by atoms with E-state index in [1.807, 2.05) is 20.1 Å². The second kappa shape index (κ2) is 7.92. The molecule has 1 N–H and O–H groups in total. The van der Waals surface area contributed by atoms with Crippen LogP contribution in [0.2, 0.25) is 0 Å². The minimum atomic E-state index is -0.301. The minimum Gasteiger partial charge on any atom is -0.381 e. The Hall–Kier alpha value is -1.66. The molecular formula is C20H31N3O3. The van der Waals surface area contributed by atoms with Crippen molar-refractivity contribution in [2.75, 3.05) is 25.5 Å². The van der Waals surface area contributed by atoms with E-state index in [-0.39, 0.29) is 22.2 Å². The van der Waals surface area contributed by atoms with Gasteiger partial charge < -0.3 is 10.1 Å². The lowest BCUT2D eigenvalue weighted by Gasteiger charge is -2.49. The first-order chi connectivity index (χ1) is 12.4. The van der Waals surface area contributed by atoms with Crippen molar-refractivity contribution in [3.63, 3.8) is 0 Å². The van der Waals surface area contributed by atoms with Crippen molar-refractivity contribution in [1.29, 1.82) is 0 Å². The first-order valence-electron chi connectivity index (χ1n) is 9.71. The number of nitrogens with zero attached hydrogens (tertiary/aromatic N) is 2. The van der Waals surface area contributed by atoms with E-state index in [0.29, 0.717) is 11.8 Å². The molecule has 2 aliphatic rings. The molecule has 144 valence electrons. The summed E-state index contributed by atoms with van der Waals surface area (Å²) in [7, 11) is 1.82. The van der Waals surface area contributed by atoms with Gasteiger partial charge in [0.05, 0.1) is 11.0 Å². The maximum atomic E-state index is 11.3. The molecule has 0 spiro atoms.